The zero-order chi connectivity index (χ0) is 20.9. The van der Waals surface area contributed by atoms with Crippen LogP contribution in [0.1, 0.15) is 44.9 Å². The van der Waals surface area contributed by atoms with Crippen molar-refractivity contribution in [3.63, 3.8) is 0 Å². The summed E-state index contributed by atoms with van der Waals surface area (Å²) in [7, 11) is 0. The van der Waals surface area contributed by atoms with E-state index in [0.29, 0.717) is 31.8 Å². The van der Waals surface area contributed by atoms with Crippen molar-refractivity contribution in [2.24, 2.45) is 5.92 Å². The van der Waals surface area contributed by atoms with Crippen molar-refractivity contribution in [2.75, 3.05) is 43.4 Å². The van der Waals surface area contributed by atoms with E-state index in [0.717, 1.165) is 49.4 Å². The number of nitrogens with zero attached hydrogens (tertiary/aromatic N) is 3. The van der Waals surface area contributed by atoms with Crippen LogP contribution >= 0.6 is 11.8 Å². The summed E-state index contributed by atoms with van der Waals surface area (Å²) in [5, 5.41) is 0. The maximum Gasteiger partial charge on any atom is 0.237 e. The minimum absolute atomic E-state index is 0.0553. The van der Waals surface area contributed by atoms with Gasteiger partial charge in [-0.15, -0.1) is 11.8 Å². The Hall–Kier alpha value is -2.02. The second-order valence-electron chi connectivity index (χ2n) is 8.45. The standard InChI is InChI=1S/C23H31N3O3S/c27-21(11-16-26-19-7-3-4-8-20(19)30-17-22(26)28)24-14-9-18(10-15-24)23(29)25-12-5-1-2-6-13-25/h3-4,7-8,18H,1-2,5-6,9-17H2. The van der Waals surface area contributed by atoms with Crippen LogP contribution in [0.4, 0.5) is 5.69 Å². The molecule has 162 valence electrons. The average molecular weight is 430 g/mol. The molecule has 0 bridgehead atoms. The van der Waals surface area contributed by atoms with Crippen molar-refractivity contribution < 1.29 is 14.4 Å². The van der Waals surface area contributed by atoms with Gasteiger partial charge >= 0.3 is 0 Å². The third kappa shape index (κ3) is 4.82. The van der Waals surface area contributed by atoms with E-state index >= 15 is 0 Å². The number of fused-ring (bicyclic) bond motifs is 1. The van der Waals surface area contributed by atoms with Gasteiger partial charge in [-0.2, -0.15) is 0 Å². The maximum absolute atomic E-state index is 12.8. The van der Waals surface area contributed by atoms with Crippen molar-refractivity contribution in [3.8, 4) is 0 Å². The van der Waals surface area contributed by atoms with Crippen LogP contribution < -0.4 is 4.90 Å². The molecule has 1 aromatic rings. The monoisotopic (exact) mass is 429 g/mol. The van der Waals surface area contributed by atoms with Gasteiger partial charge in [0, 0.05) is 50.0 Å². The second kappa shape index (κ2) is 9.86. The van der Waals surface area contributed by atoms with E-state index in [1.54, 1.807) is 16.7 Å². The number of piperidine rings is 1. The summed E-state index contributed by atoms with van der Waals surface area (Å²) in [5.74, 6) is 0.916. The van der Waals surface area contributed by atoms with E-state index in [2.05, 4.69) is 0 Å². The van der Waals surface area contributed by atoms with Crippen molar-refractivity contribution in [3.05, 3.63) is 24.3 Å². The summed E-state index contributed by atoms with van der Waals surface area (Å²) < 4.78 is 0. The highest BCUT2D eigenvalue weighted by Crippen LogP contribution is 2.35. The first-order chi connectivity index (χ1) is 14.6. The number of amides is 3. The minimum atomic E-state index is 0.0553. The molecule has 3 heterocycles. The molecule has 0 aliphatic carbocycles. The molecular weight excluding hydrogens is 398 g/mol. The van der Waals surface area contributed by atoms with Crippen molar-refractivity contribution in [1.82, 2.24) is 9.80 Å². The van der Waals surface area contributed by atoms with Gasteiger partial charge in [0.1, 0.15) is 0 Å². The largest absolute Gasteiger partial charge is 0.343 e. The van der Waals surface area contributed by atoms with Gasteiger partial charge in [0.05, 0.1) is 11.4 Å². The molecule has 0 atom stereocenters. The molecule has 30 heavy (non-hydrogen) atoms. The summed E-state index contributed by atoms with van der Waals surface area (Å²) in [5.41, 5.74) is 0.910. The van der Waals surface area contributed by atoms with Gasteiger partial charge in [0.15, 0.2) is 0 Å². The Morgan fingerprint density at radius 1 is 0.933 bits per heavy atom. The molecule has 3 aliphatic heterocycles. The number of rotatable bonds is 4. The van der Waals surface area contributed by atoms with Gasteiger partial charge in [-0.05, 0) is 37.8 Å². The molecule has 6 nitrogen and oxygen atoms in total. The number of carbonyl (C=O) groups excluding carboxylic acids is 3. The molecule has 4 rings (SSSR count). The average Bonchev–Trinajstić information content (AvgIpc) is 3.07. The summed E-state index contributed by atoms with van der Waals surface area (Å²) in [6, 6.07) is 7.87. The highest BCUT2D eigenvalue weighted by molar-refractivity contribution is 8.00. The number of likely N-dealkylation sites (tertiary alicyclic amines) is 2. The van der Waals surface area contributed by atoms with Crippen molar-refractivity contribution >= 4 is 35.2 Å². The van der Waals surface area contributed by atoms with Crippen LogP contribution in [0.3, 0.4) is 0 Å². The fourth-order valence-corrected chi connectivity index (χ4v) is 5.63. The topological polar surface area (TPSA) is 60.9 Å². The smallest absolute Gasteiger partial charge is 0.237 e. The molecular formula is C23H31N3O3S. The Labute approximate surface area is 183 Å². The lowest BCUT2D eigenvalue weighted by Gasteiger charge is -2.35. The number of para-hydroxylation sites is 1. The van der Waals surface area contributed by atoms with Crippen LogP contribution in [0, 0.1) is 5.92 Å². The maximum atomic E-state index is 12.8. The molecule has 2 saturated heterocycles. The molecule has 0 N–H and O–H groups in total. The van der Waals surface area contributed by atoms with Crippen LogP contribution in [0.5, 0.6) is 0 Å². The lowest BCUT2D eigenvalue weighted by molar-refractivity contribution is -0.140. The molecule has 0 unspecified atom stereocenters. The molecule has 3 amide bonds. The Morgan fingerprint density at radius 3 is 2.37 bits per heavy atom. The molecule has 0 saturated carbocycles. The number of anilines is 1. The first kappa shape index (κ1) is 21.2. The number of hydrogen-bond donors (Lipinski definition) is 0. The van der Waals surface area contributed by atoms with Crippen LogP contribution in [0.15, 0.2) is 29.2 Å². The zero-order valence-corrected chi connectivity index (χ0v) is 18.4. The predicted molar refractivity (Wildman–Crippen MR) is 118 cm³/mol. The molecule has 7 heteroatoms. The van der Waals surface area contributed by atoms with Gasteiger partial charge in [-0.1, -0.05) is 25.0 Å². The lowest BCUT2D eigenvalue weighted by atomic mass is 9.95. The highest BCUT2D eigenvalue weighted by Gasteiger charge is 2.31. The lowest BCUT2D eigenvalue weighted by Crippen LogP contribution is -2.45. The molecule has 0 radical (unpaired) electrons. The van der Waals surface area contributed by atoms with E-state index in [9.17, 15) is 14.4 Å². The quantitative estimate of drug-likeness (QED) is 0.738. The SMILES string of the molecule is O=C(CCN1C(=O)CSc2ccccc21)N1CCC(C(=O)N2CCCCCC2)CC1. The zero-order valence-electron chi connectivity index (χ0n) is 17.6. The first-order valence-electron chi connectivity index (χ1n) is 11.2. The number of benzene rings is 1. The van der Waals surface area contributed by atoms with Gasteiger partial charge in [-0.25, -0.2) is 0 Å². The van der Waals surface area contributed by atoms with E-state index < -0.39 is 0 Å². The Bertz CT molecular complexity index is 784. The van der Waals surface area contributed by atoms with E-state index in [1.807, 2.05) is 34.1 Å². The van der Waals surface area contributed by atoms with Gasteiger partial charge < -0.3 is 14.7 Å². The van der Waals surface area contributed by atoms with Crippen LogP contribution in [0.2, 0.25) is 0 Å². The highest BCUT2D eigenvalue weighted by atomic mass is 32.2. The fraction of sp³-hybridized carbons (Fsp3) is 0.609. The van der Waals surface area contributed by atoms with E-state index in [-0.39, 0.29) is 23.6 Å². The molecule has 2 fully saturated rings. The Morgan fingerprint density at radius 2 is 1.63 bits per heavy atom. The van der Waals surface area contributed by atoms with Gasteiger partial charge in [0.2, 0.25) is 17.7 Å². The number of hydrogen-bond acceptors (Lipinski definition) is 4. The fourth-order valence-electron chi connectivity index (χ4n) is 4.69. The van der Waals surface area contributed by atoms with Gasteiger partial charge in [-0.3, -0.25) is 14.4 Å². The van der Waals surface area contributed by atoms with Crippen LogP contribution in [-0.2, 0) is 14.4 Å². The van der Waals surface area contributed by atoms with E-state index in [4.69, 9.17) is 0 Å². The second-order valence-corrected chi connectivity index (χ2v) is 9.46. The van der Waals surface area contributed by atoms with Crippen molar-refractivity contribution in [1.29, 1.82) is 0 Å². The third-order valence-corrected chi connectivity index (χ3v) is 7.52. The predicted octanol–water partition coefficient (Wildman–Crippen LogP) is 3.16. The Kier molecular flexibility index (Phi) is 6.97. The normalized spacial score (nSPS) is 20.7. The van der Waals surface area contributed by atoms with Crippen molar-refractivity contribution in [2.45, 2.75) is 49.8 Å². The van der Waals surface area contributed by atoms with E-state index in [1.165, 1.54) is 12.8 Å². The van der Waals surface area contributed by atoms with Crippen LogP contribution in [0.25, 0.3) is 0 Å². The summed E-state index contributed by atoms with van der Waals surface area (Å²) in [4.78, 5) is 44.8. The summed E-state index contributed by atoms with van der Waals surface area (Å²) in [6.45, 7) is 3.48. The van der Waals surface area contributed by atoms with Gasteiger partial charge in [0.25, 0.3) is 0 Å². The first-order valence-corrected chi connectivity index (χ1v) is 12.2. The number of thioether (sulfide) groups is 1. The Balaban J connectivity index is 1.27. The molecule has 3 aliphatic rings. The minimum Gasteiger partial charge on any atom is -0.343 e. The van der Waals surface area contributed by atoms with Crippen LogP contribution in [-0.4, -0.2) is 66.0 Å². The number of carbonyl (C=O) groups is 3. The molecule has 1 aromatic carbocycles. The molecule has 0 spiro atoms. The summed E-state index contributed by atoms with van der Waals surface area (Å²) in [6.07, 6.45) is 6.50. The summed E-state index contributed by atoms with van der Waals surface area (Å²) >= 11 is 1.56. The third-order valence-electron chi connectivity index (χ3n) is 6.47. The molecule has 0 aromatic heterocycles.